The van der Waals surface area contributed by atoms with E-state index in [-0.39, 0.29) is 5.91 Å². The Morgan fingerprint density at radius 3 is 2.78 bits per heavy atom. The van der Waals surface area contributed by atoms with E-state index in [1.807, 2.05) is 6.07 Å². The third kappa shape index (κ3) is 4.33. The number of carbonyl (C=O) groups excluding carboxylic acids is 2. The zero-order chi connectivity index (χ0) is 13.5. The van der Waals surface area contributed by atoms with Crippen molar-refractivity contribution in [3.05, 3.63) is 47.0 Å². The quantitative estimate of drug-likeness (QED) is 0.789. The van der Waals surface area contributed by atoms with Crippen LogP contribution in [0.25, 0.3) is 0 Å². The molecule has 3 N–H and O–H groups in total. The summed E-state index contributed by atoms with van der Waals surface area (Å²) in [5.41, 5.74) is 5.72. The molecule has 0 aliphatic rings. The standard InChI is InChI=1S/C13H15BrN2O2/c1-2-3-7-11(12(15)17)16-13(18)9-5-4-6-10(14)8-9/h2,4-6,8,11H,1,3,7H2,(H2,15,17)(H,16,18)/t11-/m0/s1. The van der Waals surface area contributed by atoms with Gasteiger partial charge >= 0.3 is 0 Å². The number of primary amides is 1. The van der Waals surface area contributed by atoms with E-state index in [2.05, 4.69) is 27.8 Å². The fourth-order valence-electron chi connectivity index (χ4n) is 1.44. The number of carbonyl (C=O) groups is 2. The third-order valence-corrected chi connectivity index (χ3v) is 2.89. The number of amides is 2. The van der Waals surface area contributed by atoms with Crippen LogP contribution in [-0.2, 0) is 4.79 Å². The van der Waals surface area contributed by atoms with Crippen LogP contribution < -0.4 is 11.1 Å². The van der Waals surface area contributed by atoms with E-state index >= 15 is 0 Å². The molecular weight excluding hydrogens is 296 g/mol. The molecule has 1 rings (SSSR count). The topological polar surface area (TPSA) is 72.2 Å². The molecule has 0 aliphatic heterocycles. The second-order valence-electron chi connectivity index (χ2n) is 3.80. The summed E-state index contributed by atoms with van der Waals surface area (Å²) in [6, 6.07) is 6.25. The minimum Gasteiger partial charge on any atom is -0.368 e. The maximum atomic E-state index is 11.9. The summed E-state index contributed by atoms with van der Waals surface area (Å²) in [7, 11) is 0. The van der Waals surface area contributed by atoms with Gasteiger partial charge < -0.3 is 11.1 Å². The van der Waals surface area contributed by atoms with Crippen LogP contribution >= 0.6 is 15.9 Å². The van der Waals surface area contributed by atoms with E-state index in [4.69, 9.17) is 5.73 Å². The molecule has 4 nitrogen and oxygen atoms in total. The van der Waals surface area contributed by atoms with Crippen LogP contribution in [0, 0.1) is 0 Å². The molecule has 18 heavy (non-hydrogen) atoms. The zero-order valence-corrected chi connectivity index (χ0v) is 11.4. The average Bonchev–Trinajstić information content (AvgIpc) is 2.33. The second-order valence-corrected chi connectivity index (χ2v) is 4.72. The molecule has 0 aromatic heterocycles. The molecule has 0 saturated heterocycles. The lowest BCUT2D eigenvalue weighted by molar-refractivity contribution is -0.119. The number of hydrogen-bond donors (Lipinski definition) is 2. The first kappa shape index (κ1) is 14.4. The number of hydrogen-bond acceptors (Lipinski definition) is 2. The monoisotopic (exact) mass is 310 g/mol. The van der Waals surface area contributed by atoms with Gasteiger partial charge in [0.05, 0.1) is 0 Å². The summed E-state index contributed by atoms with van der Waals surface area (Å²) in [5, 5.41) is 2.61. The Kier molecular flexibility index (Phi) is 5.58. The highest BCUT2D eigenvalue weighted by Crippen LogP contribution is 2.12. The normalized spacial score (nSPS) is 11.6. The van der Waals surface area contributed by atoms with Crippen molar-refractivity contribution >= 4 is 27.7 Å². The summed E-state index contributed by atoms with van der Waals surface area (Å²) in [6.45, 7) is 3.57. The number of rotatable bonds is 6. The van der Waals surface area contributed by atoms with E-state index in [1.165, 1.54) is 0 Å². The molecule has 96 valence electrons. The van der Waals surface area contributed by atoms with Crippen LogP contribution in [0.15, 0.2) is 41.4 Å². The van der Waals surface area contributed by atoms with Crippen LogP contribution in [0.4, 0.5) is 0 Å². The molecule has 2 amide bonds. The van der Waals surface area contributed by atoms with E-state index in [1.54, 1.807) is 24.3 Å². The van der Waals surface area contributed by atoms with Gasteiger partial charge in [-0.1, -0.05) is 28.1 Å². The van der Waals surface area contributed by atoms with Gasteiger partial charge in [0, 0.05) is 10.0 Å². The molecular formula is C13H15BrN2O2. The third-order valence-electron chi connectivity index (χ3n) is 2.40. The molecule has 1 atom stereocenters. The van der Waals surface area contributed by atoms with Crippen LogP contribution in [0.3, 0.4) is 0 Å². The van der Waals surface area contributed by atoms with Crippen molar-refractivity contribution in [1.29, 1.82) is 0 Å². The summed E-state index contributed by atoms with van der Waals surface area (Å²) >= 11 is 3.28. The molecule has 1 aromatic rings. The van der Waals surface area contributed by atoms with Crippen molar-refractivity contribution < 1.29 is 9.59 Å². The molecule has 0 radical (unpaired) electrons. The predicted octanol–water partition coefficient (Wildman–Crippen LogP) is 2.00. The highest BCUT2D eigenvalue weighted by Gasteiger charge is 2.17. The fourth-order valence-corrected chi connectivity index (χ4v) is 1.84. The van der Waals surface area contributed by atoms with E-state index in [9.17, 15) is 9.59 Å². The average molecular weight is 311 g/mol. The Labute approximate surface area is 114 Å². The maximum absolute atomic E-state index is 11.9. The summed E-state index contributed by atoms with van der Waals surface area (Å²) in [5.74, 6) is -0.857. The SMILES string of the molecule is C=CCC[C@H](NC(=O)c1cccc(Br)c1)C(N)=O. The van der Waals surface area contributed by atoms with Crippen molar-refractivity contribution in [2.75, 3.05) is 0 Å². The first-order chi connectivity index (χ1) is 8.54. The Hall–Kier alpha value is -1.62. The number of halogens is 1. The van der Waals surface area contributed by atoms with Gasteiger partial charge in [0.1, 0.15) is 6.04 Å². The summed E-state index contributed by atoms with van der Waals surface area (Å²) < 4.78 is 0.803. The van der Waals surface area contributed by atoms with Crippen LogP contribution in [0.1, 0.15) is 23.2 Å². The number of allylic oxidation sites excluding steroid dienone is 1. The summed E-state index contributed by atoms with van der Waals surface area (Å²) in [6.07, 6.45) is 2.76. The van der Waals surface area contributed by atoms with Gasteiger partial charge in [-0.15, -0.1) is 6.58 Å². The first-order valence-electron chi connectivity index (χ1n) is 5.51. The molecule has 1 aromatic carbocycles. The lowest BCUT2D eigenvalue weighted by Gasteiger charge is -2.14. The van der Waals surface area contributed by atoms with Crippen molar-refractivity contribution in [1.82, 2.24) is 5.32 Å². The lowest BCUT2D eigenvalue weighted by atomic mass is 10.1. The molecule has 0 heterocycles. The second kappa shape index (κ2) is 6.96. The number of nitrogens with one attached hydrogen (secondary N) is 1. The van der Waals surface area contributed by atoms with Gasteiger partial charge in [-0.25, -0.2) is 0 Å². The van der Waals surface area contributed by atoms with E-state index in [0.717, 1.165) is 4.47 Å². The van der Waals surface area contributed by atoms with Crippen molar-refractivity contribution in [2.45, 2.75) is 18.9 Å². The van der Waals surface area contributed by atoms with E-state index in [0.29, 0.717) is 18.4 Å². The number of benzene rings is 1. The Morgan fingerprint density at radius 1 is 1.50 bits per heavy atom. The van der Waals surface area contributed by atoms with Gasteiger partial charge in [-0.3, -0.25) is 9.59 Å². The Morgan fingerprint density at radius 2 is 2.22 bits per heavy atom. The number of nitrogens with two attached hydrogens (primary N) is 1. The van der Waals surface area contributed by atoms with Crippen molar-refractivity contribution in [3.63, 3.8) is 0 Å². The molecule has 0 unspecified atom stereocenters. The highest BCUT2D eigenvalue weighted by atomic mass is 79.9. The zero-order valence-electron chi connectivity index (χ0n) is 9.86. The largest absolute Gasteiger partial charge is 0.368 e. The van der Waals surface area contributed by atoms with Crippen molar-refractivity contribution in [3.8, 4) is 0 Å². The molecule has 0 spiro atoms. The minimum absolute atomic E-state index is 0.316. The van der Waals surface area contributed by atoms with Gasteiger partial charge in [-0.2, -0.15) is 0 Å². The first-order valence-corrected chi connectivity index (χ1v) is 6.30. The molecule has 0 bridgehead atoms. The predicted molar refractivity (Wildman–Crippen MR) is 74.0 cm³/mol. The molecule has 5 heteroatoms. The maximum Gasteiger partial charge on any atom is 0.251 e. The molecule has 0 aliphatic carbocycles. The van der Waals surface area contributed by atoms with Crippen LogP contribution in [0.2, 0.25) is 0 Å². The van der Waals surface area contributed by atoms with Gasteiger partial charge in [0.25, 0.3) is 5.91 Å². The minimum atomic E-state index is -0.672. The van der Waals surface area contributed by atoms with Gasteiger partial charge in [0.15, 0.2) is 0 Å². The van der Waals surface area contributed by atoms with Crippen LogP contribution in [-0.4, -0.2) is 17.9 Å². The fraction of sp³-hybridized carbons (Fsp3) is 0.231. The lowest BCUT2D eigenvalue weighted by Crippen LogP contribution is -2.44. The van der Waals surface area contributed by atoms with E-state index < -0.39 is 11.9 Å². The Balaban J connectivity index is 2.72. The molecule has 0 saturated carbocycles. The van der Waals surface area contributed by atoms with Crippen LogP contribution in [0.5, 0.6) is 0 Å². The van der Waals surface area contributed by atoms with Gasteiger partial charge in [-0.05, 0) is 31.0 Å². The Bertz CT molecular complexity index is 460. The van der Waals surface area contributed by atoms with Gasteiger partial charge in [0.2, 0.25) is 5.91 Å². The smallest absolute Gasteiger partial charge is 0.251 e. The summed E-state index contributed by atoms with van der Waals surface area (Å²) in [4.78, 5) is 23.1. The van der Waals surface area contributed by atoms with Crippen molar-refractivity contribution in [2.24, 2.45) is 5.73 Å². The highest BCUT2D eigenvalue weighted by molar-refractivity contribution is 9.10. The molecule has 0 fully saturated rings.